The molecule has 2 spiro atoms. The first-order valence-corrected chi connectivity index (χ1v) is 24.8. The molecule has 3 saturated heterocycles. The molecule has 2 aliphatic carbocycles. The van der Waals surface area contributed by atoms with Gasteiger partial charge in [0.25, 0.3) is 0 Å². The molecule has 5 heterocycles. The van der Waals surface area contributed by atoms with Crippen LogP contribution in [-0.2, 0) is 42.9 Å². The van der Waals surface area contributed by atoms with E-state index in [-0.39, 0.29) is 58.8 Å². The SMILES string of the molecule is Cn1c(=O)n(C2CCC(=O)NC2=O)c2ccc(CCN3CCN(CC4CCC(NC(=O)[C@@H]5NC6(CCCCC6)[C@@]6(C(=O)Nc7cc(Cl)ccc76)[C@H]5c5cccc(Cl)c5F)CC4)[C@@H](C(=O)O)C3)cc21. The minimum absolute atomic E-state index is 0.0772. The van der Waals surface area contributed by atoms with Crippen molar-refractivity contribution >= 4 is 69.5 Å². The number of piperidine rings is 1. The quantitative estimate of drug-likeness (QED) is 0.129. The molecule has 68 heavy (non-hydrogen) atoms. The predicted octanol–water partition coefficient (Wildman–Crippen LogP) is 5.40. The normalized spacial score (nSPS) is 28.5. The minimum atomic E-state index is -1.31. The molecule has 6 aliphatic rings. The molecule has 5 atom stereocenters. The fourth-order valence-corrected chi connectivity index (χ4v) is 13.3. The summed E-state index contributed by atoms with van der Waals surface area (Å²) in [6.45, 7) is 2.92. The summed E-state index contributed by atoms with van der Waals surface area (Å²) < 4.78 is 19.4. The largest absolute Gasteiger partial charge is 0.480 e. The topological polar surface area (TPSA) is 187 Å². The highest BCUT2D eigenvalue weighted by Crippen LogP contribution is 2.63. The number of halogens is 3. The van der Waals surface area contributed by atoms with Gasteiger partial charge in [-0.25, -0.2) is 9.18 Å². The number of piperazine rings is 1. The Bertz CT molecular complexity index is 2770. The molecular formula is C50H57Cl2FN8O7. The van der Waals surface area contributed by atoms with E-state index >= 15 is 4.39 Å². The third-order valence-electron chi connectivity index (χ3n) is 16.2. The molecule has 2 saturated carbocycles. The van der Waals surface area contributed by atoms with Crippen molar-refractivity contribution in [3.63, 3.8) is 0 Å². The number of aryl methyl sites for hydroxylation is 1. The van der Waals surface area contributed by atoms with Crippen molar-refractivity contribution in [2.24, 2.45) is 13.0 Å². The van der Waals surface area contributed by atoms with Crippen LogP contribution in [0.25, 0.3) is 11.0 Å². The number of hydrogen-bond donors (Lipinski definition) is 5. The van der Waals surface area contributed by atoms with Crippen LogP contribution in [0.15, 0.2) is 59.4 Å². The lowest BCUT2D eigenvalue weighted by atomic mass is 9.55. The number of nitrogens with one attached hydrogen (secondary N) is 4. The second kappa shape index (κ2) is 18.3. The number of imide groups is 1. The number of amides is 4. The molecule has 4 aliphatic heterocycles. The first-order chi connectivity index (χ1) is 32.7. The van der Waals surface area contributed by atoms with Crippen LogP contribution in [-0.4, -0.2) is 110 Å². The van der Waals surface area contributed by atoms with E-state index < -0.39 is 52.7 Å². The van der Waals surface area contributed by atoms with Gasteiger partial charge in [0.15, 0.2) is 0 Å². The Morgan fingerprint density at radius 3 is 2.44 bits per heavy atom. The molecule has 18 heteroatoms. The Morgan fingerprint density at radius 1 is 0.912 bits per heavy atom. The molecule has 5 N–H and O–H groups in total. The van der Waals surface area contributed by atoms with E-state index in [0.29, 0.717) is 92.1 Å². The van der Waals surface area contributed by atoms with Gasteiger partial charge in [-0.1, -0.05) is 66.7 Å². The van der Waals surface area contributed by atoms with E-state index in [2.05, 4.69) is 31.1 Å². The van der Waals surface area contributed by atoms with E-state index in [1.807, 2.05) is 24.3 Å². The second-order valence-corrected chi connectivity index (χ2v) is 20.8. The summed E-state index contributed by atoms with van der Waals surface area (Å²) in [4.78, 5) is 84.1. The Balaban J connectivity index is 0.787. The average Bonchev–Trinajstić information content (AvgIpc) is 3.87. The van der Waals surface area contributed by atoms with Crippen molar-refractivity contribution in [2.75, 3.05) is 38.0 Å². The number of rotatable bonds is 10. The number of imidazole rings is 1. The van der Waals surface area contributed by atoms with Gasteiger partial charge in [-0.2, -0.15) is 0 Å². The van der Waals surface area contributed by atoms with Gasteiger partial charge in [0.1, 0.15) is 23.3 Å². The number of nitrogens with zero attached hydrogens (tertiary/aromatic N) is 4. The molecule has 0 bridgehead atoms. The standard InChI is InChI=1S/C50H57Cl2FN8O7/c1-58-38-24-28(10-15-36(38)61(48(58)68)37-16-17-40(62)56-44(37)63)18-21-59-22-23-60(39(27-59)46(65)66)26-29-8-12-31(13-9-29)54-45(64)43-41(32-6-5-7-34(52)42(32)53)50(49(57-43)19-3-2-4-20-49)33-14-11-30(51)25-35(33)55-47(50)67/h5-7,10-11,14-15,24-25,29,31,37,39,41,43,57H,2-4,8-9,12-13,16-23,26-27H2,1H3,(H,54,64)(H,55,67)(H,65,66)(H,56,62,63)/t29?,31?,37?,39-,41+,43-,50-/m1/s1. The maximum absolute atomic E-state index is 16.4. The fraction of sp³-hybridized carbons (Fsp3) is 0.520. The Labute approximate surface area is 403 Å². The summed E-state index contributed by atoms with van der Waals surface area (Å²) >= 11 is 12.9. The lowest BCUT2D eigenvalue weighted by molar-refractivity contribution is -0.146. The number of carbonyl (C=O) groups excluding carboxylic acids is 4. The van der Waals surface area contributed by atoms with Gasteiger partial charge >= 0.3 is 11.7 Å². The van der Waals surface area contributed by atoms with Crippen molar-refractivity contribution in [3.8, 4) is 0 Å². The van der Waals surface area contributed by atoms with Gasteiger partial charge in [-0.15, -0.1) is 0 Å². The number of aliphatic carboxylic acids is 1. The first kappa shape index (κ1) is 46.6. The zero-order chi connectivity index (χ0) is 47.6. The van der Waals surface area contributed by atoms with E-state index in [0.717, 1.165) is 37.7 Å². The van der Waals surface area contributed by atoms with E-state index in [1.54, 1.807) is 31.3 Å². The second-order valence-electron chi connectivity index (χ2n) is 20.0. The van der Waals surface area contributed by atoms with Crippen LogP contribution in [0.5, 0.6) is 0 Å². The van der Waals surface area contributed by atoms with Crippen molar-refractivity contribution < 1.29 is 33.5 Å². The highest BCUT2D eigenvalue weighted by atomic mass is 35.5. The molecule has 10 rings (SSSR count). The highest BCUT2D eigenvalue weighted by molar-refractivity contribution is 6.31. The van der Waals surface area contributed by atoms with Crippen LogP contribution in [0, 0.1) is 11.7 Å². The van der Waals surface area contributed by atoms with Crippen LogP contribution in [0.2, 0.25) is 10.0 Å². The zero-order valence-electron chi connectivity index (χ0n) is 38.0. The van der Waals surface area contributed by atoms with E-state index in [9.17, 15) is 33.9 Å². The predicted molar refractivity (Wildman–Crippen MR) is 254 cm³/mol. The number of fused-ring (bicyclic) bond motifs is 4. The minimum Gasteiger partial charge on any atom is -0.480 e. The number of carbonyl (C=O) groups is 5. The van der Waals surface area contributed by atoms with Crippen LogP contribution >= 0.6 is 23.2 Å². The summed E-state index contributed by atoms with van der Waals surface area (Å²) in [5, 5.41) is 23.3. The van der Waals surface area contributed by atoms with Crippen LogP contribution in [0.1, 0.15) is 99.3 Å². The molecule has 0 radical (unpaired) electrons. The molecule has 3 aromatic carbocycles. The summed E-state index contributed by atoms with van der Waals surface area (Å²) in [6, 6.07) is 13.3. The molecule has 360 valence electrons. The van der Waals surface area contributed by atoms with Gasteiger partial charge in [0.05, 0.1) is 22.1 Å². The monoisotopic (exact) mass is 970 g/mol. The van der Waals surface area contributed by atoms with Crippen LogP contribution < -0.4 is 27.0 Å². The molecule has 5 fully saturated rings. The molecule has 4 aromatic rings. The smallest absolute Gasteiger partial charge is 0.329 e. The van der Waals surface area contributed by atoms with Crippen molar-refractivity contribution in [1.29, 1.82) is 0 Å². The number of benzene rings is 3. The molecular weight excluding hydrogens is 915 g/mol. The van der Waals surface area contributed by atoms with Crippen molar-refractivity contribution in [3.05, 3.63) is 97.6 Å². The van der Waals surface area contributed by atoms with Crippen molar-refractivity contribution in [2.45, 2.75) is 118 Å². The van der Waals surface area contributed by atoms with Gasteiger partial charge < -0.3 is 15.7 Å². The molecule has 1 unspecified atom stereocenters. The molecule has 15 nitrogen and oxygen atoms in total. The maximum Gasteiger partial charge on any atom is 0.329 e. The summed E-state index contributed by atoms with van der Waals surface area (Å²) in [5.74, 6) is -3.58. The van der Waals surface area contributed by atoms with Crippen molar-refractivity contribution in [1.82, 2.24) is 34.9 Å². The number of aromatic nitrogens is 2. The van der Waals surface area contributed by atoms with Gasteiger partial charge in [0.2, 0.25) is 23.6 Å². The number of hydrogen-bond acceptors (Lipinski definition) is 9. The summed E-state index contributed by atoms with van der Waals surface area (Å²) in [7, 11) is 1.67. The number of carboxylic acid groups (broad SMARTS) is 1. The summed E-state index contributed by atoms with van der Waals surface area (Å²) in [6.07, 6.45) is 7.99. The van der Waals surface area contributed by atoms with Crippen LogP contribution in [0.3, 0.4) is 0 Å². The van der Waals surface area contributed by atoms with Crippen LogP contribution in [0.4, 0.5) is 10.1 Å². The lowest BCUT2D eigenvalue weighted by Crippen LogP contribution is -2.60. The Kier molecular flexibility index (Phi) is 12.6. The first-order valence-electron chi connectivity index (χ1n) is 24.1. The zero-order valence-corrected chi connectivity index (χ0v) is 39.5. The Morgan fingerprint density at radius 2 is 1.69 bits per heavy atom. The molecule has 4 amide bonds. The van der Waals surface area contributed by atoms with E-state index in [4.69, 9.17) is 23.2 Å². The third-order valence-corrected chi connectivity index (χ3v) is 16.8. The number of anilines is 1. The highest BCUT2D eigenvalue weighted by Gasteiger charge is 2.72. The van der Waals surface area contributed by atoms with E-state index in [1.165, 1.54) is 15.2 Å². The molecule has 1 aromatic heterocycles. The summed E-state index contributed by atoms with van der Waals surface area (Å²) in [5.41, 5.74) is 1.30. The average molecular weight is 972 g/mol. The van der Waals surface area contributed by atoms with Gasteiger partial charge in [0, 0.05) is 74.4 Å². The van der Waals surface area contributed by atoms with Gasteiger partial charge in [-0.3, -0.25) is 53.5 Å². The number of carboxylic acids is 1. The third kappa shape index (κ3) is 7.93. The maximum atomic E-state index is 16.4. The fourth-order valence-electron chi connectivity index (χ4n) is 12.9. The lowest BCUT2D eigenvalue weighted by Gasteiger charge is -2.47. The Hall–Kier alpha value is -5.13. The van der Waals surface area contributed by atoms with Gasteiger partial charge in [-0.05, 0) is 104 Å².